The molecule has 1 unspecified atom stereocenters. The van der Waals surface area contributed by atoms with E-state index in [4.69, 9.17) is 0 Å². The maximum Gasteiger partial charge on any atom is 0.431 e. The van der Waals surface area contributed by atoms with Crippen LogP contribution in [0.1, 0.15) is 17.7 Å². The van der Waals surface area contributed by atoms with Crippen LogP contribution in [0.4, 0.5) is 13.2 Å². The predicted octanol–water partition coefficient (Wildman–Crippen LogP) is 1.98. The van der Waals surface area contributed by atoms with Gasteiger partial charge in [0.15, 0.2) is 0 Å². The van der Waals surface area contributed by atoms with Crippen LogP contribution in [0.5, 0.6) is 0 Å². The van der Waals surface area contributed by atoms with Crippen molar-refractivity contribution in [3.63, 3.8) is 0 Å². The first kappa shape index (κ1) is 16.4. The molecule has 1 aromatic carbocycles. The van der Waals surface area contributed by atoms with Crippen molar-refractivity contribution in [2.45, 2.75) is 19.0 Å². The highest BCUT2D eigenvalue weighted by Gasteiger charge is 2.36. The molecule has 1 saturated heterocycles. The molecule has 2 aromatic rings. The summed E-state index contributed by atoms with van der Waals surface area (Å²) in [6, 6.07) is 6.52. The lowest BCUT2D eigenvalue weighted by molar-refractivity contribution is -0.141. The van der Waals surface area contributed by atoms with E-state index in [1.807, 2.05) is 0 Å². The number of benzene rings is 1. The van der Waals surface area contributed by atoms with E-state index in [-0.39, 0.29) is 24.4 Å². The Kier molecular flexibility index (Phi) is 4.21. The number of hydrogen-bond donors (Lipinski definition) is 3. The van der Waals surface area contributed by atoms with Crippen LogP contribution in [0.25, 0.3) is 10.9 Å². The molecule has 0 aliphatic carbocycles. The minimum atomic E-state index is -4.50. The highest BCUT2D eigenvalue weighted by Crippen LogP contribution is 2.35. The number of carbonyl (C=O) groups excluding carboxylic acids is 2. The smallest absolute Gasteiger partial charge is 0.355 e. The summed E-state index contributed by atoms with van der Waals surface area (Å²) in [5.41, 5.74) is -0.271. The molecule has 0 radical (unpaired) electrons. The quantitative estimate of drug-likeness (QED) is 0.745. The van der Waals surface area contributed by atoms with Gasteiger partial charge in [-0.2, -0.15) is 13.2 Å². The number of aromatic amines is 1. The van der Waals surface area contributed by atoms with Gasteiger partial charge in [0.05, 0.1) is 0 Å². The lowest BCUT2D eigenvalue weighted by Gasteiger charge is -2.11. The minimum absolute atomic E-state index is 0.0267. The molecule has 2 amide bonds. The summed E-state index contributed by atoms with van der Waals surface area (Å²) < 4.78 is 39.6. The molecule has 1 atom stereocenters. The fourth-order valence-corrected chi connectivity index (χ4v) is 2.98. The van der Waals surface area contributed by atoms with Crippen molar-refractivity contribution in [1.29, 1.82) is 0 Å². The second kappa shape index (κ2) is 6.18. The molecule has 0 spiro atoms. The van der Waals surface area contributed by atoms with Gasteiger partial charge in [0.1, 0.15) is 11.6 Å². The zero-order valence-electron chi connectivity index (χ0n) is 12.7. The van der Waals surface area contributed by atoms with E-state index in [1.54, 1.807) is 24.3 Å². The number of amides is 2. The largest absolute Gasteiger partial charge is 0.431 e. The number of carbonyl (C=O) groups is 2. The van der Waals surface area contributed by atoms with Crippen molar-refractivity contribution in [1.82, 2.24) is 15.6 Å². The molecular formula is C16H16F3N3O2. The first-order valence-electron chi connectivity index (χ1n) is 7.60. The van der Waals surface area contributed by atoms with E-state index >= 15 is 0 Å². The van der Waals surface area contributed by atoms with E-state index in [9.17, 15) is 22.8 Å². The average molecular weight is 339 g/mol. The third-order valence-electron chi connectivity index (χ3n) is 4.14. The van der Waals surface area contributed by atoms with Crippen molar-refractivity contribution in [2.24, 2.45) is 5.92 Å². The van der Waals surface area contributed by atoms with Crippen molar-refractivity contribution in [3.8, 4) is 0 Å². The van der Waals surface area contributed by atoms with Crippen LogP contribution in [0.3, 0.4) is 0 Å². The summed E-state index contributed by atoms with van der Waals surface area (Å²) in [6.07, 6.45) is -4.06. The third kappa shape index (κ3) is 3.08. The first-order chi connectivity index (χ1) is 11.4. The number of nitrogens with one attached hydrogen (secondary N) is 3. The molecule has 5 nitrogen and oxygen atoms in total. The van der Waals surface area contributed by atoms with Crippen molar-refractivity contribution < 1.29 is 22.8 Å². The van der Waals surface area contributed by atoms with Crippen molar-refractivity contribution in [3.05, 3.63) is 35.5 Å². The molecule has 0 bridgehead atoms. The Morgan fingerprint density at radius 3 is 2.71 bits per heavy atom. The zero-order chi connectivity index (χ0) is 17.3. The van der Waals surface area contributed by atoms with Crippen molar-refractivity contribution >= 4 is 22.7 Å². The fraction of sp³-hybridized carbons (Fsp3) is 0.375. The Balaban J connectivity index is 1.75. The highest BCUT2D eigenvalue weighted by molar-refractivity contribution is 6.01. The second-order valence-corrected chi connectivity index (χ2v) is 5.70. The van der Waals surface area contributed by atoms with Gasteiger partial charge in [-0.05, 0) is 24.5 Å². The SMILES string of the molecule is O=C(NCCc1c(C(F)(F)F)[nH]c2ccccc12)C1CCNC1=O. The van der Waals surface area contributed by atoms with Gasteiger partial charge in [-0.15, -0.1) is 0 Å². The van der Waals surface area contributed by atoms with Gasteiger partial charge in [-0.1, -0.05) is 18.2 Å². The highest BCUT2D eigenvalue weighted by atomic mass is 19.4. The predicted molar refractivity (Wildman–Crippen MR) is 81.1 cm³/mol. The van der Waals surface area contributed by atoms with Crippen LogP contribution in [-0.2, 0) is 22.2 Å². The van der Waals surface area contributed by atoms with Crippen LogP contribution in [0, 0.1) is 5.92 Å². The van der Waals surface area contributed by atoms with Gasteiger partial charge in [-0.25, -0.2) is 0 Å². The van der Waals surface area contributed by atoms with Crippen LogP contribution >= 0.6 is 0 Å². The molecule has 128 valence electrons. The number of hydrogen-bond acceptors (Lipinski definition) is 2. The minimum Gasteiger partial charge on any atom is -0.355 e. The Hall–Kier alpha value is -2.51. The van der Waals surface area contributed by atoms with Crippen LogP contribution in [0.2, 0.25) is 0 Å². The summed E-state index contributed by atoms with van der Waals surface area (Å²) in [7, 11) is 0. The number of alkyl halides is 3. The molecule has 3 rings (SSSR count). The number of aromatic nitrogens is 1. The molecule has 0 saturated carbocycles. The van der Waals surface area contributed by atoms with E-state index in [0.717, 1.165) is 0 Å². The van der Waals surface area contributed by atoms with Gasteiger partial charge in [0.2, 0.25) is 11.8 Å². The first-order valence-corrected chi connectivity index (χ1v) is 7.60. The zero-order valence-corrected chi connectivity index (χ0v) is 12.7. The van der Waals surface area contributed by atoms with E-state index < -0.39 is 23.7 Å². The maximum absolute atomic E-state index is 13.2. The number of para-hydroxylation sites is 1. The lowest BCUT2D eigenvalue weighted by atomic mass is 10.1. The lowest BCUT2D eigenvalue weighted by Crippen LogP contribution is -2.36. The van der Waals surface area contributed by atoms with Crippen LogP contribution < -0.4 is 10.6 Å². The third-order valence-corrected chi connectivity index (χ3v) is 4.14. The molecule has 24 heavy (non-hydrogen) atoms. The molecular weight excluding hydrogens is 323 g/mol. The topological polar surface area (TPSA) is 74.0 Å². The molecule has 2 heterocycles. The number of fused-ring (bicyclic) bond motifs is 1. The molecule has 8 heteroatoms. The Morgan fingerprint density at radius 1 is 1.29 bits per heavy atom. The monoisotopic (exact) mass is 339 g/mol. The van der Waals surface area contributed by atoms with Gasteiger partial charge in [0, 0.05) is 24.0 Å². The summed E-state index contributed by atoms with van der Waals surface area (Å²) in [5.74, 6) is -1.54. The maximum atomic E-state index is 13.2. The van der Waals surface area contributed by atoms with Gasteiger partial charge in [-0.3, -0.25) is 9.59 Å². The summed E-state index contributed by atoms with van der Waals surface area (Å²) >= 11 is 0. The summed E-state index contributed by atoms with van der Waals surface area (Å²) in [5, 5.41) is 5.59. The average Bonchev–Trinajstić information content (AvgIpc) is 3.11. The van der Waals surface area contributed by atoms with Gasteiger partial charge < -0.3 is 15.6 Å². The number of rotatable bonds is 4. The fourth-order valence-electron chi connectivity index (χ4n) is 2.98. The summed E-state index contributed by atoms with van der Waals surface area (Å²) in [4.78, 5) is 25.8. The Morgan fingerprint density at radius 2 is 2.04 bits per heavy atom. The van der Waals surface area contributed by atoms with E-state index in [1.165, 1.54) is 0 Å². The Bertz CT molecular complexity index is 782. The standard InChI is InChI=1S/C16H16F3N3O2/c17-16(18,19)13-10(9-3-1-2-4-12(9)22-13)5-7-20-14(23)11-6-8-21-15(11)24/h1-4,11,22H,5-8H2,(H,20,23)(H,21,24). The second-order valence-electron chi connectivity index (χ2n) is 5.70. The molecule has 3 N–H and O–H groups in total. The molecule has 1 fully saturated rings. The van der Waals surface area contributed by atoms with E-state index in [2.05, 4.69) is 15.6 Å². The molecule has 1 aromatic heterocycles. The van der Waals surface area contributed by atoms with Gasteiger partial charge >= 0.3 is 6.18 Å². The number of halogens is 3. The number of H-pyrrole nitrogens is 1. The van der Waals surface area contributed by atoms with Crippen LogP contribution in [0.15, 0.2) is 24.3 Å². The van der Waals surface area contributed by atoms with Gasteiger partial charge in [0.25, 0.3) is 0 Å². The molecule has 1 aliphatic rings. The normalized spacial score (nSPS) is 18.0. The Labute approximate surface area is 135 Å². The van der Waals surface area contributed by atoms with Crippen molar-refractivity contribution in [2.75, 3.05) is 13.1 Å². The summed E-state index contributed by atoms with van der Waals surface area (Å²) in [6.45, 7) is 0.477. The van der Waals surface area contributed by atoms with Crippen LogP contribution in [-0.4, -0.2) is 29.9 Å². The molecule has 1 aliphatic heterocycles. The van der Waals surface area contributed by atoms with E-state index in [0.29, 0.717) is 23.9 Å².